The van der Waals surface area contributed by atoms with Gasteiger partial charge in [0, 0.05) is 6.42 Å². The molecule has 0 unspecified atom stereocenters. The Morgan fingerprint density at radius 2 is 1.74 bits per heavy atom. The Kier molecular flexibility index (Phi) is 4.56. The number of rotatable bonds is 5. The van der Waals surface area contributed by atoms with Gasteiger partial charge in [-0.1, -0.05) is 35.5 Å². The second kappa shape index (κ2) is 6.59. The van der Waals surface area contributed by atoms with Crippen LogP contribution in [0.2, 0.25) is 0 Å². The van der Waals surface area contributed by atoms with Crippen molar-refractivity contribution in [3.63, 3.8) is 0 Å². The first-order valence-electron chi connectivity index (χ1n) is 6.25. The van der Waals surface area contributed by atoms with Gasteiger partial charge < -0.3 is 9.94 Å². The maximum absolute atomic E-state index is 8.68. The maximum atomic E-state index is 8.68. The second-order valence-corrected chi connectivity index (χ2v) is 4.29. The van der Waals surface area contributed by atoms with E-state index in [1.54, 1.807) is 6.92 Å². The molecule has 0 amide bonds. The van der Waals surface area contributed by atoms with Gasteiger partial charge in [-0.05, 0) is 42.3 Å². The molecule has 0 saturated heterocycles. The predicted octanol–water partition coefficient (Wildman–Crippen LogP) is 3.51. The van der Waals surface area contributed by atoms with Crippen molar-refractivity contribution >= 4 is 5.71 Å². The lowest BCUT2D eigenvalue weighted by molar-refractivity contribution is 0.318. The largest absolute Gasteiger partial charge is 0.493 e. The molecule has 0 aromatic heterocycles. The first-order valence-corrected chi connectivity index (χ1v) is 6.25. The second-order valence-electron chi connectivity index (χ2n) is 4.29. The number of ether oxygens (including phenoxy) is 1. The van der Waals surface area contributed by atoms with Gasteiger partial charge in [-0.25, -0.2) is 0 Å². The van der Waals surface area contributed by atoms with Crippen LogP contribution in [-0.2, 0) is 6.42 Å². The minimum Gasteiger partial charge on any atom is -0.493 e. The summed E-state index contributed by atoms with van der Waals surface area (Å²) < 4.78 is 5.68. The molecule has 0 aliphatic rings. The molecule has 2 aromatic carbocycles. The van der Waals surface area contributed by atoms with Gasteiger partial charge in [-0.15, -0.1) is 0 Å². The van der Waals surface area contributed by atoms with Crippen LogP contribution < -0.4 is 4.74 Å². The van der Waals surface area contributed by atoms with Crippen molar-refractivity contribution in [3.8, 4) is 5.75 Å². The van der Waals surface area contributed by atoms with E-state index < -0.39 is 0 Å². The van der Waals surface area contributed by atoms with Gasteiger partial charge in [0.1, 0.15) is 5.75 Å². The van der Waals surface area contributed by atoms with Gasteiger partial charge in [0.15, 0.2) is 0 Å². The molecule has 0 heterocycles. The maximum Gasteiger partial charge on any atom is 0.119 e. The summed E-state index contributed by atoms with van der Waals surface area (Å²) in [7, 11) is 0. The van der Waals surface area contributed by atoms with E-state index in [1.165, 1.54) is 5.56 Å². The van der Waals surface area contributed by atoms with Crippen molar-refractivity contribution in [1.82, 2.24) is 0 Å². The van der Waals surface area contributed by atoms with E-state index in [-0.39, 0.29) is 0 Å². The van der Waals surface area contributed by atoms with Gasteiger partial charge in [0.2, 0.25) is 0 Å². The average molecular weight is 255 g/mol. The fourth-order valence-electron chi connectivity index (χ4n) is 1.78. The van der Waals surface area contributed by atoms with E-state index in [0.717, 1.165) is 17.7 Å². The van der Waals surface area contributed by atoms with Crippen LogP contribution >= 0.6 is 0 Å². The van der Waals surface area contributed by atoms with Gasteiger partial charge in [0.25, 0.3) is 0 Å². The summed E-state index contributed by atoms with van der Waals surface area (Å²) in [6, 6.07) is 17.8. The minimum absolute atomic E-state index is 0.593. The highest BCUT2D eigenvalue weighted by Gasteiger charge is 1.99. The lowest BCUT2D eigenvalue weighted by atomic mass is 10.1. The summed E-state index contributed by atoms with van der Waals surface area (Å²) in [5.41, 5.74) is 2.75. The van der Waals surface area contributed by atoms with Crippen LogP contribution in [0, 0.1) is 0 Å². The summed E-state index contributed by atoms with van der Waals surface area (Å²) in [5, 5.41) is 11.8. The monoisotopic (exact) mass is 255 g/mol. The third kappa shape index (κ3) is 3.85. The quantitative estimate of drug-likeness (QED) is 0.504. The Labute approximate surface area is 113 Å². The molecule has 0 radical (unpaired) electrons. The van der Waals surface area contributed by atoms with E-state index in [1.807, 2.05) is 42.5 Å². The molecule has 2 aromatic rings. The van der Waals surface area contributed by atoms with Crippen molar-refractivity contribution in [2.75, 3.05) is 6.61 Å². The Morgan fingerprint density at radius 1 is 1.05 bits per heavy atom. The highest BCUT2D eigenvalue weighted by atomic mass is 16.5. The van der Waals surface area contributed by atoms with Crippen LogP contribution in [0.15, 0.2) is 59.8 Å². The van der Waals surface area contributed by atoms with Crippen molar-refractivity contribution in [2.45, 2.75) is 13.3 Å². The van der Waals surface area contributed by atoms with Crippen molar-refractivity contribution in [3.05, 3.63) is 65.7 Å². The molecule has 0 saturated carbocycles. The summed E-state index contributed by atoms with van der Waals surface area (Å²) in [4.78, 5) is 0. The molecular formula is C16H17NO2. The van der Waals surface area contributed by atoms with E-state index in [4.69, 9.17) is 9.94 Å². The zero-order chi connectivity index (χ0) is 13.5. The number of hydrogen-bond donors (Lipinski definition) is 1. The predicted molar refractivity (Wildman–Crippen MR) is 76.1 cm³/mol. The van der Waals surface area contributed by atoms with Crippen molar-refractivity contribution < 1.29 is 9.94 Å². The normalized spacial score (nSPS) is 11.3. The average Bonchev–Trinajstić information content (AvgIpc) is 2.48. The zero-order valence-corrected chi connectivity index (χ0v) is 10.9. The van der Waals surface area contributed by atoms with Crippen molar-refractivity contribution in [1.29, 1.82) is 0 Å². The number of oxime groups is 1. The molecule has 0 bridgehead atoms. The lowest BCUT2D eigenvalue weighted by Crippen LogP contribution is -2.01. The van der Waals surface area contributed by atoms with Gasteiger partial charge in [-0.2, -0.15) is 0 Å². The molecule has 0 spiro atoms. The first-order chi connectivity index (χ1) is 9.29. The van der Waals surface area contributed by atoms with E-state index in [2.05, 4.69) is 17.3 Å². The highest BCUT2D eigenvalue weighted by Crippen LogP contribution is 2.13. The topological polar surface area (TPSA) is 41.8 Å². The molecule has 3 nitrogen and oxygen atoms in total. The summed E-state index contributed by atoms with van der Waals surface area (Å²) in [5.74, 6) is 0.824. The SMILES string of the molecule is C/C(=N\O)c1ccc(OCCc2ccccc2)cc1. The molecule has 0 atom stereocenters. The highest BCUT2D eigenvalue weighted by molar-refractivity contribution is 5.98. The van der Waals surface area contributed by atoms with Crippen LogP contribution in [0.4, 0.5) is 0 Å². The molecule has 1 N–H and O–H groups in total. The Bertz CT molecular complexity index is 532. The summed E-state index contributed by atoms with van der Waals surface area (Å²) >= 11 is 0. The Morgan fingerprint density at radius 3 is 2.37 bits per heavy atom. The molecule has 98 valence electrons. The zero-order valence-electron chi connectivity index (χ0n) is 10.9. The minimum atomic E-state index is 0.593. The smallest absolute Gasteiger partial charge is 0.119 e. The number of benzene rings is 2. The first kappa shape index (κ1) is 13.1. The summed E-state index contributed by atoms with van der Waals surface area (Å²) in [6.07, 6.45) is 0.889. The van der Waals surface area contributed by atoms with Crippen LogP contribution in [0.3, 0.4) is 0 Å². The van der Waals surface area contributed by atoms with Crippen LogP contribution in [0.5, 0.6) is 5.75 Å². The van der Waals surface area contributed by atoms with E-state index in [9.17, 15) is 0 Å². The van der Waals surface area contributed by atoms with Crippen LogP contribution in [-0.4, -0.2) is 17.5 Å². The third-order valence-electron chi connectivity index (χ3n) is 2.92. The fraction of sp³-hybridized carbons (Fsp3) is 0.188. The molecule has 3 heteroatoms. The molecule has 0 aliphatic carbocycles. The fourth-order valence-corrected chi connectivity index (χ4v) is 1.78. The van der Waals surface area contributed by atoms with Gasteiger partial charge in [-0.3, -0.25) is 0 Å². The number of nitrogens with zero attached hydrogens (tertiary/aromatic N) is 1. The lowest BCUT2D eigenvalue weighted by Gasteiger charge is -2.07. The van der Waals surface area contributed by atoms with E-state index in [0.29, 0.717) is 12.3 Å². The van der Waals surface area contributed by atoms with Gasteiger partial charge >= 0.3 is 0 Å². The van der Waals surface area contributed by atoms with Crippen LogP contribution in [0.25, 0.3) is 0 Å². The van der Waals surface area contributed by atoms with Gasteiger partial charge in [0.05, 0.1) is 12.3 Å². The number of hydrogen-bond acceptors (Lipinski definition) is 3. The molecule has 0 aliphatic heterocycles. The summed E-state index contributed by atoms with van der Waals surface area (Å²) in [6.45, 7) is 2.40. The standard InChI is InChI=1S/C16H17NO2/c1-13(17-18)15-7-9-16(10-8-15)19-12-11-14-5-3-2-4-6-14/h2-10,18H,11-12H2,1H3/b17-13+. The molecular weight excluding hydrogens is 238 g/mol. The Hall–Kier alpha value is -2.29. The Balaban J connectivity index is 1.87. The molecule has 2 rings (SSSR count). The molecule has 19 heavy (non-hydrogen) atoms. The third-order valence-corrected chi connectivity index (χ3v) is 2.92. The van der Waals surface area contributed by atoms with Crippen LogP contribution in [0.1, 0.15) is 18.1 Å². The van der Waals surface area contributed by atoms with Crippen molar-refractivity contribution in [2.24, 2.45) is 5.16 Å². The van der Waals surface area contributed by atoms with E-state index >= 15 is 0 Å². The molecule has 0 fully saturated rings.